The predicted octanol–water partition coefficient (Wildman–Crippen LogP) is -1.91. The van der Waals surface area contributed by atoms with Gasteiger partial charge in [-0.05, 0) is 6.92 Å². The van der Waals surface area contributed by atoms with Gasteiger partial charge in [0.15, 0.2) is 6.29 Å². The van der Waals surface area contributed by atoms with Gasteiger partial charge in [-0.2, -0.15) is 0 Å². The Kier molecular flexibility index (Phi) is 4.12. The Bertz CT molecular complexity index is 1150. The van der Waals surface area contributed by atoms with Gasteiger partial charge in [-0.1, -0.05) is 0 Å². The van der Waals surface area contributed by atoms with E-state index in [0.717, 1.165) is 9.13 Å². The summed E-state index contributed by atoms with van der Waals surface area (Å²) in [5.74, 6) is 0. The summed E-state index contributed by atoms with van der Waals surface area (Å²) in [6, 6.07) is 0. The minimum absolute atomic E-state index is 0.0230. The van der Waals surface area contributed by atoms with Crippen molar-refractivity contribution in [1.29, 1.82) is 0 Å². The molecular formula is C16H20N4O6. The third kappa shape index (κ3) is 2.33. The molecule has 0 saturated heterocycles. The van der Waals surface area contributed by atoms with Crippen molar-refractivity contribution in [3.63, 3.8) is 0 Å². The first-order chi connectivity index (χ1) is 12.1. The van der Waals surface area contributed by atoms with Crippen molar-refractivity contribution in [3.8, 4) is 0 Å². The van der Waals surface area contributed by atoms with E-state index in [1.54, 1.807) is 6.92 Å². The van der Waals surface area contributed by atoms with Crippen LogP contribution in [0.15, 0.2) is 19.2 Å². The summed E-state index contributed by atoms with van der Waals surface area (Å²) in [5.41, 5.74) is -1.32. The molecule has 1 aliphatic heterocycles. The highest BCUT2D eigenvalue weighted by Gasteiger charge is 2.35. The van der Waals surface area contributed by atoms with E-state index in [0.29, 0.717) is 11.4 Å². The van der Waals surface area contributed by atoms with Crippen LogP contribution in [0.1, 0.15) is 34.9 Å². The van der Waals surface area contributed by atoms with Crippen LogP contribution in [0.2, 0.25) is 0 Å². The van der Waals surface area contributed by atoms with E-state index in [-0.39, 0.29) is 17.5 Å². The lowest BCUT2D eigenvalue weighted by Gasteiger charge is -2.31. The predicted molar refractivity (Wildman–Crippen MR) is 91.1 cm³/mol. The molecule has 0 fully saturated rings. The SMILES string of the molecule is Cc1c([C@@H]2Cc3c(c(=O)n(C)c(=O)n3C)[C@H](O)O2)c(=O)n(C)c(=O)n1C. The average molecular weight is 364 g/mol. The van der Waals surface area contributed by atoms with E-state index < -0.39 is 34.9 Å². The van der Waals surface area contributed by atoms with Crippen LogP contribution in [-0.2, 0) is 39.3 Å². The standard InChI is InChI=1S/C16H20N4O6/c1-7-10(12(21)19(4)15(24)17(7)2)9-6-8-11(14(23)26-9)13(22)20(5)16(25)18(8)3/h9,14,23H,6H2,1-5H3/t9-,14+/m0/s1. The van der Waals surface area contributed by atoms with Crippen LogP contribution in [0.3, 0.4) is 0 Å². The van der Waals surface area contributed by atoms with Crippen LogP contribution in [0.4, 0.5) is 0 Å². The van der Waals surface area contributed by atoms with Crippen molar-refractivity contribution < 1.29 is 9.84 Å². The van der Waals surface area contributed by atoms with E-state index in [1.165, 1.54) is 37.3 Å². The average Bonchev–Trinajstić information content (AvgIpc) is 2.61. The first-order valence-corrected chi connectivity index (χ1v) is 7.96. The lowest BCUT2D eigenvalue weighted by Crippen LogP contribution is -2.46. The molecule has 0 unspecified atom stereocenters. The highest BCUT2D eigenvalue weighted by Crippen LogP contribution is 2.33. The summed E-state index contributed by atoms with van der Waals surface area (Å²) in [6.45, 7) is 1.60. The van der Waals surface area contributed by atoms with E-state index in [9.17, 15) is 24.3 Å². The Morgan fingerprint density at radius 3 is 1.92 bits per heavy atom. The number of hydrogen-bond acceptors (Lipinski definition) is 6. The first kappa shape index (κ1) is 18.1. The lowest BCUT2D eigenvalue weighted by atomic mass is 9.98. The highest BCUT2D eigenvalue weighted by atomic mass is 16.6. The van der Waals surface area contributed by atoms with Gasteiger partial charge in [-0.3, -0.25) is 18.7 Å². The number of aliphatic hydroxyl groups excluding tert-OH is 1. The molecule has 10 nitrogen and oxygen atoms in total. The minimum atomic E-state index is -1.59. The first-order valence-electron chi connectivity index (χ1n) is 7.96. The lowest BCUT2D eigenvalue weighted by molar-refractivity contribution is -0.154. The van der Waals surface area contributed by atoms with E-state index in [4.69, 9.17) is 4.74 Å². The van der Waals surface area contributed by atoms with Crippen LogP contribution < -0.4 is 22.5 Å². The fourth-order valence-electron chi connectivity index (χ4n) is 3.37. The second-order valence-electron chi connectivity index (χ2n) is 6.45. The fourth-order valence-corrected chi connectivity index (χ4v) is 3.37. The number of nitrogens with zero attached hydrogens (tertiary/aromatic N) is 4. The van der Waals surface area contributed by atoms with Gasteiger partial charge in [-0.25, -0.2) is 9.59 Å². The maximum atomic E-state index is 12.6. The smallest absolute Gasteiger partial charge is 0.330 e. The van der Waals surface area contributed by atoms with Gasteiger partial charge in [0.05, 0.1) is 17.2 Å². The summed E-state index contributed by atoms with van der Waals surface area (Å²) >= 11 is 0. The van der Waals surface area contributed by atoms with E-state index in [2.05, 4.69) is 0 Å². The van der Waals surface area contributed by atoms with E-state index in [1.807, 2.05) is 0 Å². The fraction of sp³-hybridized carbons (Fsp3) is 0.500. The largest absolute Gasteiger partial charge is 0.364 e. The summed E-state index contributed by atoms with van der Waals surface area (Å²) < 4.78 is 9.96. The zero-order valence-corrected chi connectivity index (χ0v) is 15.1. The molecule has 0 bridgehead atoms. The summed E-state index contributed by atoms with van der Waals surface area (Å²) in [6.07, 6.45) is -2.45. The van der Waals surface area contributed by atoms with Crippen LogP contribution >= 0.6 is 0 Å². The molecule has 26 heavy (non-hydrogen) atoms. The zero-order chi connectivity index (χ0) is 19.5. The second-order valence-corrected chi connectivity index (χ2v) is 6.45. The Hall–Kier alpha value is -2.72. The maximum Gasteiger partial charge on any atom is 0.330 e. The van der Waals surface area contributed by atoms with Gasteiger partial charge in [0, 0.05) is 46.0 Å². The minimum Gasteiger partial charge on any atom is -0.364 e. The molecule has 0 aromatic carbocycles. The molecule has 0 amide bonds. The monoisotopic (exact) mass is 364 g/mol. The Morgan fingerprint density at radius 1 is 0.846 bits per heavy atom. The normalized spacial score (nSPS) is 19.5. The summed E-state index contributed by atoms with van der Waals surface area (Å²) in [5, 5.41) is 10.4. The number of hydrogen-bond donors (Lipinski definition) is 1. The number of fused-ring (bicyclic) bond motifs is 1. The molecule has 10 heteroatoms. The maximum absolute atomic E-state index is 12.6. The van der Waals surface area contributed by atoms with Crippen LogP contribution in [0.5, 0.6) is 0 Å². The molecule has 3 heterocycles. The van der Waals surface area contributed by atoms with Gasteiger partial charge in [0.25, 0.3) is 11.1 Å². The third-order valence-electron chi connectivity index (χ3n) is 5.07. The van der Waals surface area contributed by atoms with Gasteiger partial charge >= 0.3 is 11.4 Å². The third-order valence-corrected chi connectivity index (χ3v) is 5.07. The molecule has 3 rings (SSSR count). The van der Waals surface area contributed by atoms with Gasteiger partial charge < -0.3 is 19.0 Å². The van der Waals surface area contributed by atoms with Crippen molar-refractivity contribution in [2.75, 3.05) is 0 Å². The molecule has 1 N–H and O–H groups in total. The number of aromatic nitrogens is 4. The van der Waals surface area contributed by atoms with Gasteiger partial charge in [0.1, 0.15) is 0 Å². The number of ether oxygens (including phenoxy) is 1. The Balaban J connectivity index is 2.27. The van der Waals surface area contributed by atoms with Crippen molar-refractivity contribution in [1.82, 2.24) is 18.3 Å². The molecule has 2 atom stereocenters. The molecular weight excluding hydrogens is 344 g/mol. The molecule has 0 radical (unpaired) electrons. The molecule has 0 aliphatic carbocycles. The van der Waals surface area contributed by atoms with Gasteiger partial charge in [0.2, 0.25) is 0 Å². The Labute approximate surface area is 147 Å². The van der Waals surface area contributed by atoms with Crippen LogP contribution in [-0.4, -0.2) is 23.4 Å². The number of aliphatic hydroxyl groups is 1. The summed E-state index contributed by atoms with van der Waals surface area (Å²) in [7, 11) is 5.68. The quantitative estimate of drug-likeness (QED) is 0.631. The molecule has 0 saturated carbocycles. The zero-order valence-electron chi connectivity index (χ0n) is 15.1. The van der Waals surface area contributed by atoms with Crippen LogP contribution in [0, 0.1) is 6.92 Å². The van der Waals surface area contributed by atoms with E-state index >= 15 is 0 Å². The molecule has 0 spiro atoms. The van der Waals surface area contributed by atoms with Crippen molar-refractivity contribution in [2.24, 2.45) is 28.2 Å². The van der Waals surface area contributed by atoms with Crippen LogP contribution in [0.25, 0.3) is 0 Å². The molecule has 2 aromatic heterocycles. The molecule has 1 aliphatic rings. The summed E-state index contributed by atoms with van der Waals surface area (Å²) in [4.78, 5) is 49.2. The molecule has 2 aromatic rings. The van der Waals surface area contributed by atoms with Crippen molar-refractivity contribution in [2.45, 2.75) is 25.7 Å². The highest BCUT2D eigenvalue weighted by molar-refractivity contribution is 5.28. The van der Waals surface area contributed by atoms with Gasteiger partial charge in [-0.15, -0.1) is 0 Å². The van der Waals surface area contributed by atoms with Crippen molar-refractivity contribution >= 4 is 0 Å². The molecule has 140 valence electrons. The number of rotatable bonds is 1. The van der Waals surface area contributed by atoms with Crippen molar-refractivity contribution in [3.05, 3.63) is 64.2 Å². The second kappa shape index (κ2) is 5.92. The Morgan fingerprint density at radius 2 is 1.35 bits per heavy atom. The topological polar surface area (TPSA) is 117 Å².